The number of aryl methyl sites for hydroxylation is 2. The fourth-order valence-corrected chi connectivity index (χ4v) is 2.28. The second-order valence-corrected chi connectivity index (χ2v) is 4.56. The van der Waals surface area contributed by atoms with Crippen molar-refractivity contribution in [2.75, 3.05) is 13.1 Å². The second-order valence-electron chi connectivity index (χ2n) is 4.56. The van der Waals surface area contributed by atoms with Crippen LogP contribution in [0.25, 0.3) is 0 Å². The van der Waals surface area contributed by atoms with E-state index in [0.717, 1.165) is 31.5 Å². The first kappa shape index (κ1) is 12.1. The van der Waals surface area contributed by atoms with E-state index in [2.05, 4.69) is 5.10 Å². The highest BCUT2D eigenvalue weighted by atomic mass is 16.3. The molecule has 5 heteroatoms. The smallest absolute Gasteiger partial charge is 0.257 e. The molecule has 0 radical (unpaired) electrons. The molecule has 5 nitrogen and oxygen atoms in total. The summed E-state index contributed by atoms with van der Waals surface area (Å²) in [5.74, 6) is -0.00583. The van der Waals surface area contributed by atoms with Crippen LogP contribution >= 0.6 is 0 Å². The molecule has 0 aromatic carbocycles. The molecule has 1 N–H and O–H groups in total. The first-order chi connectivity index (χ1) is 8.11. The van der Waals surface area contributed by atoms with Crippen molar-refractivity contribution in [3.8, 4) is 0 Å². The molecule has 0 saturated carbocycles. The number of amides is 1. The molecule has 1 aromatic heterocycles. The highest BCUT2D eigenvalue weighted by Crippen LogP contribution is 2.16. The fraction of sp³-hybridized carbons (Fsp3) is 0.667. The van der Waals surface area contributed by atoms with Crippen molar-refractivity contribution >= 4 is 5.91 Å². The van der Waals surface area contributed by atoms with Crippen molar-refractivity contribution < 1.29 is 9.90 Å². The monoisotopic (exact) mass is 237 g/mol. The van der Waals surface area contributed by atoms with Gasteiger partial charge in [-0.25, -0.2) is 0 Å². The summed E-state index contributed by atoms with van der Waals surface area (Å²) >= 11 is 0. The number of β-amino-alcohol motifs (C(OH)–C–C–N with tert-alkyl or cyclic N) is 1. The lowest BCUT2D eigenvalue weighted by Crippen LogP contribution is -2.42. The van der Waals surface area contributed by atoms with E-state index in [9.17, 15) is 9.90 Å². The third-order valence-electron chi connectivity index (χ3n) is 3.15. The van der Waals surface area contributed by atoms with Crippen molar-refractivity contribution in [3.63, 3.8) is 0 Å². The molecule has 1 amide bonds. The van der Waals surface area contributed by atoms with E-state index in [4.69, 9.17) is 0 Å². The van der Waals surface area contributed by atoms with Crippen molar-refractivity contribution in [3.05, 3.63) is 17.5 Å². The van der Waals surface area contributed by atoms with Gasteiger partial charge in [0, 0.05) is 26.3 Å². The van der Waals surface area contributed by atoms with Crippen molar-refractivity contribution in [2.24, 2.45) is 7.05 Å². The minimum Gasteiger partial charge on any atom is -0.391 e. The van der Waals surface area contributed by atoms with Crippen molar-refractivity contribution in [1.82, 2.24) is 14.7 Å². The summed E-state index contributed by atoms with van der Waals surface area (Å²) in [6.07, 6.45) is 3.79. The molecular weight excluding hydrogens is 218 g/mol. The fourth-order valence-electron chi connectivity index (χ4n) is 2.28. The number of aliphatic hydroxyl groups excluding tert-OH is 1. The van der Waals surface area contributed by atoms with Gasteiger partial charge in [-0.15, -0.1) is 0 Å². The lowest BCUT2D eigenvalue weighted by atomic mass is 10.1. The maximum absolute atomic E-state index is 12.3. The molecular formula is C12H19N3O2. The second kappa shape index (κ2) is 4.87. The Morgan fingerprint density at radius 2 is 2.41 bits per heavy atom. The summed E-state index contributed by atoms with van der Waals surface area (Å²) in [5, 5.41) is 13.9. The van der Waals surface area contributed by atoms with Crippen LogP contribution in [0.15, 0.2) is 6.20 Å². The first-order valence-corrected chi connectivity index (χ1v) is 6.11. The van der Waals surface area contributed by atoms with Gasteiger partial charge in [-0.3, -0.25) is 9.48 Å². The standard InChI is InChI=1S/C12H19N3O2/c1-3-11-10(8-14(2)13-11)12(17)15-6-4-5-9(16)7-15/h8-9,16H,3-7H2,1-2H3. The molecule has 1 unspecified atom stereocenters. The Morgan fingerprint density at radius 3 is 3.06 bits per heavy atom. The summed E-state index contributed by atoms with van der Waals surface area (Å²) in [6, 6.07) is 0. The zero-order valence-electron chi connectivity index (χ0n) is 10.4. The van der Waals surface area contributed by atoms with Gasteiger partial charge in [0.2, 0.25) is 0 Å². The number of likely N-dealkylation sites (tertiary alicyclic amines) is 1. The number of hydrogen-bond acceptors (Lipinski definition) is 3. The van der Waals surface area contributed by atoms with Gasteiger partial charge in [0.1, 0.15) is 0 Å². The Labute approximate surface area is 101 Å². The lowest BCUT2D eigenvalue weighted by molar-refractivity contribution is 0.0473. The molecule has 2 heterocycles. The Balaban J connectivity index is 2.18. The van der Waals surface area contributed by atoms with Gasteiger partial charge in [0.05, 0.1) is 17.4 Å². The number of carbonyl (C=O) groups excluding carboxylic acids is 1. The topological polar surface area (TPSA) is 58.4 Å². The van der Waals surface area contributed by atoms with E-state index in [1.54, 1.807) is 15.8 Å². The van der Waals surface area contributed by atoms with E-state index >= 15 is 0 Å². The van der Waals surface area contributed by atoms with Crippen molar-refractivity contribution in [2.45, 2.75) is 32.3 Å². The van der Waals surface area contributed by atoms with Gasteiger partial charge in [-0.05, 0) is 19.3 Å². The van der Waals surface area contributed by atoms with E-state index in [1.165, 1.54) is 0 Å². The molecule has 2 rings (SSSR count). The van der Waals surface area contributed by atoms with Gasteiger partial charge in [0.15, 0.2) is 0 Å². The Bertz CT molecular complexity index is 414. The minimum atomic E-state index is -0.380. The molecule has 17 heavy (non-hydrogen) atoms. The molecule has 0 aliphatic carbocycles. The molecule has 1 aliphatic heterocycles. The Kier molecular flexibility index (Phi) is 3.47. The zero-order valence-corrected chi connectivity index (χ0v) is 10.4. The minimum absolute atomic E-state index is 0.00583. The quantitative estimate of drug-likeness (QED) is 0.818. The van der Waals surface area contributed by atoms with Crippen LogP contribution < -0.4 is 0 Å². The van der Waals surface area contributed by atoms with Gasteiger partial charge in [-0.2, -0.15) is 5.10 Å². The lowest BCUT2D eigenvalue weighted by Gasteiger charge is -2.30. The number of aromatic nitrogens is 2. The first-order valence-electron chi connectivity index (χ1n) is 6.11. The molecule has 0 spiro atoms. The summed E-state index contributed by atoms with van der Waals surface area (Å²) in [5.41, 5.74) is 1.50. The SMILES string of the molecule is CCc1nn(C)cc1C(=O)N1CCCC(O)C1. The van der Waals surface area contributed by atoms with E-state index in [1.807, 2.05) is 14.0 Å². The molecule has 1 aromatic rings. The number of carbonyl (C=O) groups is 1. The third-order valence-corrected chi connectivity index (χ3v) is 3.15. The van der Waals surface area contributed by atoms with Crippen LogP contribution in [0.4, 0.5) is 0 Å². The van der Waals surface area contributed by atoms with Crippen LogP contribution in [0.1, 0.15) is 35.8 Å². The summed E-state index contributed by atoms with van der Waals surface area (Å²) in [4.78, 5) is 14.0. The van der Waals surface area contributed by atoms with Crippen LogP contribution in [0, 0.1) is 0 Å². The van der Waals surface area contributed by atoms with E-state index < -0.39 is 0 Å². The molecule has 0 bridgehead atoms. The van der Waals surface area contributed by atoms with Crippen LogP contribution in [0.3, 0.4) is 0 Å². The molecule has 1 aliphatic rings. The van der Waals surface area contributed by atoms with E-state index in [-0.39, 0.29) is 12.0 Å². The summed E-state index contributed by atoms with van der Waals surface area (Å²) in [7, 11) is 1.82. The highest BCUT2D eigenvalue weighted by Gasteiger charge is 2.25. The molecule has 94 valence electrons. The summed E-state index contributed by atoms with van der Waals surface area (Å²) in [6.45, 7) is 3.16. The predicted octanol–water partition coefficient (Wildman–Crippen LogP) is 0.579. The number of piperidine rings is 1. The van der Waals surface area contributed by atoms with E-state index in [0.29, 0.717) is 12.1 Å². The molecule has 1 saturated heterocycles. The maximum Gasteiger partial charge on any atom is 0.257 e. The van der Waals surface area contributed by atoms with Gasteiger partial charge >= 0.3 is 0 Å². The Hall–Kier alpha value is -1.36. The van der Waals surface area contributed by atoms with Crippen LogP contribution in [0.5, 0.6) is 0 Å². The number of hydrogen-bond donors (Lipinski definition) is 1. The van der Waals surface area contributed by atoms with Gasteiger partial charge in [0.25, 0.3) is 5.91 Å². The Morgan fingerprint density at radius 1 is 1.65 bits per heavy atom. The average molecular weight is 237 g/mol. The largest absolute Gasteiger partial charge is 0.391 e. The summed E-state index contributed by atoms with van der Waals surface area (Å²) < 4.78 is 1.67. The zero-order chi connectivity index (χ0) is 12.4. The number of nitrogens with zero attached hydrogens (tertiary/aromatic N) is 3. The average Bonchev–Trinajstić information content (AvgIpc) is 2.69. The molecule has 1 atom stereocenters. The normalized spacial score (nSPS) is 20.6. The number of rotatable bonds is 2. The highest BCUT2D eigenvalue weighted by molar-refractivity contribution is 5.95. The van der Waals surface area contributed by atoms with Crippen LogP contribution in [-0.2, 0) is 13.5 Å². The third kappa shape index (κ3) is 2.49. The number of aliphatic hydroxyl groups is 1. The van der Waals surface area contributed by atoms with Crippen LogP contribution in [0.2, 0.25) is 0 Å². The van der Waals surface area contributed by atoms with Crippen molar-refractivity contribution in [1.29, 1.82) is 0 Å². The maximum atomic E-state index is 12.3. The molecule has 1 fully saturated rings. The van der Waals surface area contributed by atoms with Gasteiger partial charge < -0.3 is 10.0 Å². The predicted molar refractivity (Wildman–Crippen MR) is 63.7 cm³/mol. The van der Waals surface area contributed by atoms with Crippen LogP contribution in [-0.4, -0.2) is 44.9 Å². The van der Waals surface area contributed by atoms with Gasteiger partial charge in [-0.1, -0.05) is 6.92 Å².